The average molecular weight is 367 g/mol. The van der Waals surface area contributed by atoms with Gasteiger partial charge in [-0.25, -0.2) is 4.79 Å². The van der Waals surface area contributed by atoms with Crippen molar-refractivity contribution in [2.45, 2.75) is 13.8 Å². The number of rotatable bonds is 5. The van der Waals surface area contributed by atoms with Gasteiger partial charge < -0.3 is 9.72 Å². The first kappa shape index (κ1) is 18.0. The van der Waals surface area contributed by atoms with Gasteiger partial charge in [0.15, 0.2) is 0 Å². The highest BCUT2D eigenvalue weighted by molar-refractivity contribution is 6.30. The van der Waals surface area contributed by atoms with E-state index in [1.807, 2.05) is 49.4 Å². The van der Waals surface area contributed by atoms with Crippen LogP contribution >= 0.6 is 11.6 Å². The molecule has 0 fully saturated rings. The first-order chi connectivity index (χ1) is 12.6. The van der Waals surface area contributed by atoms with Crippen LogP contribution in [0.2, 0.25) is 5.02 Å². The number of nitrogens with zero attached hydrogens (tertiary/aromatic N) is 1. The molecule has 1 aromatic heterocycles. The Bertz CT molecular complexity index is 929. The van der Waals surface area contributed by atoms with Gasteiger partial charge in [0.1, 0.15) is 11.3 Å². The van der Waals surface area contributed by atoms with Gasteiger partial charge in [0.25, 0.3) is 0 Å². The summed E-state index contributed by atoms with van der Waals surface area (Å²) in [6.07, 6.45) is 1.72. The number of nitrogens with one attached hydrogen (secondary N) is 1. The summed E-state index contributed by atoms with van der Waals surface area (Å²) in [6, 6.07) is 17.1. The highest BCUT2D eigenvalue weighted by Gasteiger charge is 2.22. The van der Waals surface area contributed by atoms with E-state index in [-0.39, 0.29) is 5.97 Å². The van der Waals surface area contributed by atoms with Crippen molar-refractivity contribution in [1.29, 1.82) is 0 Å². The second-order valence-electron chi connectivity index (χ2n) is 5.74. The van der Waals surface area contributed by atoms with E-state index < -0.39 is 0 Å². The third-order valence-electron chi connectivity index (χ3n) is 3.92. The summed E-state index contributed by atoms with van der Waals surface area (Å²) in [7, 11) is 0. The fourth-order valence-corrected chi connectivity index (χ4v) is 2.82. The minimum absolute atomic E-state index is 0.310. The smallest absolute Gasteiger partial charge is 0.342 e. The SMILES string of the molecule is CCOC(=O)c1c(C)[nH]c(-c2ccccc2)c1N=Cc1ccc(Cl)cc1. The zero-order chi connectivity index (χ0) is 18.5. The number of benzene rings is 2. The molecule has 0 radical (unpaired) electrons. The molecule has 0 atom stereocenters. The average Bonchev–Trinajstić information content (AvgIpc) is 2.98. The number of esters is 1. The molecule has 0 amide bonds. The Balaban J connectivity index is 2.10. The van der Waals surface area contributed by atoms with Crippen molar-refractivity contribution >= 4 is 29.5 Å². The van der Waals surface area contributed by atoms with Crippen molar-refractivity contribution in [1.82, 2.24) is 4.98 Å². The Kier molecular flexibility index (Phi) is 5.54. The minimum Gasteiger partial charge on any atom is -0.462 e. The maximum Gasteiger partial charge on any atom is 0.342 e. The second-order valence-corrected chi connectivity index (χ2v) is 6.18. The predicted molar refractivity (Wildman–Crippen MR) is 106 cm³/mol. The highest BCUT2D eigenvalue weighted by Crippen LogP contribution is 2.35. The lowest BCUT2D eigenvalue weighted by molar-refractivity contribution is 0.0526. The summed E-state index contributed by atoms with van der Waals surface area (Å²) in [4.78, 5) is 20.3. The Morgan fingerprint density at radius 2 is 1.85 bits per heavy atom. The normalized spacial score (nSPS) is 11.0. The van der Waals surface area contributed by atoms with Crippen LogP contribution in [-0.4, -0.2) is 23.8 Å². The van der Waals surface area contributed by atoms with Gasteiger partial charge >= 0.3 is 5.97 Å². The lowest BCUT2D eigenvalue weighted by atomic mass is 10.1. The van der Waals surface area contributed by atoms with Crippen LogP contribution in [0, 0.1) is 6.92 Å². The maximum atomic E-state index is 12.5. The van der Waals surface area contributed by atoms with Crippen molar-refractivity contribution in [3.05, 3.63) is 76.4 Å². The van der Waals surface area contributed by atoms with Crippen LogP contribution in [0.1, 0.15) is 28.5 Å². The minimum atomic E-state index is -0.383. The van der Waals surface area contributed by atoms with Crippen LogP contribution in [0.15, 0.2) is 59.6 Å². The van der Waals surface area contributed by atoms with E-state index in [1.54, 1.807) is 25.3 Å². The summed E-state index contributed by atoms with van der Waals surface area (Å²) in [5, 5.41) is 0.664. The lowest BCUT2D eigenvalue weighted by Crippen LogP contribution is -2.05. The number of halogens is 1. The molecule has 0 spiro atoms. The van der Waals surface area contributed by atoms with Crippen LogP contribution in [0.25, 0.3) is 11.3 Å². The number of aromatic nitrogens is 1. The molecular formula is C21H19ClN2O2. The molecule has 0 unspecified atom stereocenters. The summed E-state index contributed by atoms with van der Waals surface area (Å²) >= 11 is 5.93. The van der Waals surface area contributed by atoms with E-state index in [0.717, 1.165) is 22.5 Å². The second kappa shape index (κ2) is 8.02. The number of aryl methyl sites for hydroxylation is 1. The Morgan fingerprint density at radius 1 is 1.15 bits per heavy atom. The third-order valence-corrected chi connectivity index (χ3v) is 4.17. The van der Waals surface area contributed by atoms with Crippen LogP contribution in [-0.2, 0) is 4.74 Å². The molecule has 0 aliphatic heterocycles. The fourth-order valence-electron chi connectivity index (χ4n) is 2.70. The van der Waals surface area contributed by atoms with Gasteiger partial charge in [-0.3, -0.25) is 4.99 Å². The van der Waals surface area contributed by atoms with Gasteiger partial charge in [-0.15, -0.1) is 0 Å². The molecule has 3 rings (SSSR count). The van der Waals surface area contributed by atoms with Crippen molar-refractivity contribution < 1.29 is 9.53 Å². The molecule has 26 heavy (non-hydrogen) atoms. The van der Waals surface area contributed by atoms with Crippen molar-refractivity contribution in [3.8, 4) is 11.3 Å². The zero-order valence-electron chi connectivity index (χ0n) is 14.6. The molecular weight excluding hydrogens is 348 g/mol. The summed E-state index contributed by atoms with van der Waals surface area (Å²) in [6.45, 7) is 3.94. The van der Waals surface area contributed by atoms with Crippen LogP contribution < -0.4 is 0 Å². The number of carbonyl (C=O) groups is 1. The fraction of sp³-hybridized carbons (Fsp3) is 0.143. The van der Waals surface area contributed by atoms with Crippen LogP contribution in [0.3, 0.4) is 0 Å². The highest BCUT2D eigenvalue weighted by atomic mass is 35.5. The summed E-state index contributed by atoms with van der Waals surface area (Å²) < 4.78 is 5.22. The third kappa shape index (κ3) is 3.86. The summed E-state index contributed by atoms with van der Waals surface area (Å²) in [5.41, 5.74) is 4.39. The maximum absolute atomic E-state index is 12.5. The van der Waals surface area contributed by atoms with Gasteiger partial charge in [-0.2, -0.15) is 0 Å². The largest absolute Gasteiger partial charge is 0.462 e. The molecule has 3 aromatic rings. The van der Waals surface area contributed by atoms with Gasteiger partial charge in [0.2, 0.25) is 0 Å². The van der Waals surface area contributed by atoms with Crippen molar-refractivity contribution in [3.63, 3.8) is 0 Å². The first-order valence-corrected chi connectivity index (χ1v) is 8.72. The molecule has 0 aliphatic carbocycles. The van der Waals surface area contributed by atoms with Gasteiger partial charge in [-0.1, -0.05) is 54.1 Å². The van der Waals surface area contributed by atoms with Crippen molar-refractivity contribution in [2.24, 2.45) is 4.99 Å². The number of carbonyl (C=O) groups excluding carboxylic acids is 1. The molecule has 1 heterocycles. The topological polar surface area (TPSA) is 54.5 Å². The van der Waals surface area contributed by atoms with E-state index in [4.69, 9.17) is 16.3 Å². The van der Waals surface area contributed by atoms with Crippen LogP contribution in [0.4, 0.5) is 5.69 Å². The number of hydrogen-bond acceptors (Lipinski definition) is 3. The van der Waals surface area contributed by atoms with E-state index in [1.165, 1.54) is 0 Å². The predicted octanol–water partition coefficient (Wildman–Crippen LogP) is 5.57. The number of hydrogen-bond donors (Lipinski definition) is 1. The first-order valence-electron chi connectivity index (χ1n) is 8.35. The molecule has 4 nitrogen and oxygen atoms in total. The number of H-pyrrole nitrogens is 1. The van der Waals surface area contributed by atoms with E-state index in [0.29, 0.717) is 22.9 Å². The number of ether oxygens (including phenoxy) is 1. The Hall–Kier alpha value is -2.85. The monoisotopic (exact) mass is 366 g/mol. The van der Waals surface area contributed by atoms with E-state index in [9.17, 15) is 4.79 Å². The number of aliphatic imine (C=N–C) groups is 1. The summed E-state index contributed by atoms with van der Waals surface area (Å²) in [5.74, 6) is -0.383. The van der Waals surface area contributed by atoms with E-state index in [2.05, 4.69) is 9.98 Å². The van der Waals surface area contributed by atoms with Gasteiger partial charge in [-0.05, 0) is 31.5 Å². The Labute approximate surface area is 157 Å². The van der Waals surface area contributed by atoms with Crippen molar-refractivity contribution in [2.75, 3.05) is 6.61 Å². The quantitative estimate of drug-likeness (QED) is 0.474. The molecule has 1 N–H and O–H groups in total. The molecule has 0 bridgehead atoms. The molecule has 2 aromatic carbocycles. The zero-order valence-corrected chi connectivity index (χ0v) is 15.4. The van der Waals surface area contributed by atoms with Gasteiger partial charge in [0.05, 0.1) is 12.3 Å². The van der Waals surface area contributed by atoms with Gasteiger partial charge in [0, 0.05) is 22.5 Å². The lowest BCUT2D eigenvalue weighted by Gasteiger charge is -2.04. The molecule has 0 saturated carbocycles. The standard InChI is InChI=1S/C21H19ClN2O2/c1-3-26-21(25)18-14(2)24-19(16-7-5-4-6-8-16)20(18)23-13-15-9-11-17(22)12-10-15/h4-13,24H,3H2,1-2H3. The Morgan fingerprint density at radius 3 is 2.50 bits per heavy atom. The molecule has 132 valence electrons. The molecule has 0 saturated heterocycles. The van der Waals surface area contributed by atoms with E-state index >= 15 is 0 Å². The van der Waals surface area contributed by atoms with Crippen LogP contribution in [0.5, 0.6) is 0 Å². The molecule has 5 heteroatoms. The number of aromatic amines is 1. The molecule has 0 aliphatic rings.